The summed E-state index contributed by atoms with van der Waals surface area (Å²) in [4.78, 5) is 27.8. The number of aryl methyl sites for hydroxylation is 1. The lowest BCUT2D eigenvalue weighted by Gasteiger charge is -2.16. The molecule has 0 fully saturated rings. The number of hydrogen-bond acceptors (Lipinski definition) is 4. The maximum Gasteiger partial charge on any atom is 0.315 e. The minimum Gasteiger partial charge on any atom is -0.338 e. The molecule has 1 unspecified atom stereocenters. The Hall–Kier alpha value is -2.41. The molecular weight excluding hydrogens is 324 g/mol. The summed E-state index contributed by atoms with van der Waals surface area (Å²) in [7, 11) is 0. The molecule has 3 rings (SSSR count). The Morgan fingerprint density at radius 1 is 1.46 bits per heavy atom. The Morgan fingerprint density at radius 2 is 2.29 bits per heavy atom. The van der Waals surface area contributed by atoms with E-state index in [0.717, 1.165) is 33.9 Å². The molecule has 24 heavy (non-hydrogen) atoms. The molecule has 126 valence electrons. The molecule has 0 saturated carbocycles. The molecular formula is C17H20N4O2S. The van der Waals surface area contributed by atoms with Crippen LogP contribution in [0, 0.1) is 6.92 Å². The van der Waals surface area contributed by atoms with Gasteiger partial charge in [-0.05, 0) is 31.0 Å². The zero-order chi connectivity index (χ0) is 17.1. The predicted molar refractivity (Wildman–Crippen MR) is 94.3 cm³/mol. The summed E-state index contributed by atoms with van der Waals surface area (Å²) in [6, 6.07) is 5.44. The Bertz CT molecular complexity index is 772. The van der Waals surface area contributed by atoms with Crippen molar-refractivity contribution in [3.8, 4) is 0 Å². The third-order valence-corrected chi connectivity index (χ3v) is 4.76. The molecule has 1 aliphatic heterocycles. The van der Waals surface area contributed by atoms with E-state index in [0.29, 0.717) is 13.0 Å². The number of aromatic nitrogens is 1. The lowest BCUT2D eigenvalue weighted by Crippen LogP contribution is -2.38. The molecule has 2 heterocycles. The summed E-state index contributed by atoms with van der Waals surface area (Å²) < 4.78 is 0. The van der Waals surface area contributed by atoms with Crippen LogP contribution in [-0.2, 0) is 17.6 Å². The van der Waals surface area contributed by atoms with Crippen LogP contribution in [-0.4, -0.2) is 23.5 Å². The van der Waals surface area contributed by atoms with Crippen molar-refractivity contribution < 1.29 is 9.59 Å². The first-order chi connectivity index (χ1) is 11.5. The van der Waals surface area contributed by atoms with Gasteiger partial charge in [0.1, 0.15) is 0 Å². The lowest BCUT2D eigenvalue weighted by molar-refractivity contribution is -0.115. The highest BCUT2D eigenvalue weighted by Gasteiger charge is 2.19. The van der Waals surface area contributed by atoms with Gasteiger partial charge in [0.05, 0.1) is 23.2 Å². The van der Waals surface area contributed by atoms with Crippen LogP contribution in [0.5, 0.6) is 0 Å². The molecule has 0 spiro atoms. The van der Waals surface area contributed by atoms with Crippen molar-refractivity contribution in [2.24, 2.45) is 0 Å². The average Bonchev–Trinajstić information content (AvgIpc) is 3.10. The fourth-order valence-corrected chi connectivity index (χ4v) is 3.32. The van der Waals surface area contributed by atoms with Crippen LogP contribution in [0.2, 0.25) is 0 Å². The zero-order valence-electron chi connectivity index (χ0n) is 13.7. The standard InChI is InChI=1S/C17H20N4O2S/c1-10(12-3-4-15-13(7-12)8-16(22)21-15)19-17(23)18-6-5-14-9-24-11(2)20-14/h3-4,7,9-10H,5-6,8H2,1-2H3,(H,21,22)(H2,18,19,23). The molecule has 2 aromatic rings. The van der Waals surface area contributed by atoms with Crippen LogP contribution in [0.15, 0.2) is 23.6 Å². The van der Waals surface area contributed by atoms with E-state index in [9.17, 15) is 9.59 Å². The summed E-state index contributed by atoms with van der Waals surface area (Å²) >= 11 is 1.61. The van der Waals surface area contributed by atoms with Crippen molar-refractivity contribution in [2.75, 3.05) is 11.9 Å². The van der Waals surface area contributed by atoms with Crippen LogP contribution in [0.1, 0.15) is 34.8 Å². The van der Waals surface area contributed by atoms with E-state index in [4.69, 9.17) is 0 Å². The van der Waals surface area contributed by atoms with Gasteiger partial charge in [0.2, 0.25) is 5.91 Å². The van der Waals surface area contributed by atoms with Crippen molar-refractivity contribution in [1.82, 2.24) is 15.6 Å². The number of hydrogen-bond donors (Lipinski definition) is 3. The van der Waals surface area contributed by atoms with Crippen molar-refractivity contribution in [1.29, 1.82) is 0 Å². The Morgan fingerprint density at radius 3 is 3.04 bits per heavy atom. The Labute approximate surface area is 144 Å². The maximum atomic E-state index is 12.0. The number of thiazole rings is 1. The average molecular weight is 344 g/mol. The number of nitrogens with one attached hydrogen (secondary N) is 3. The second kappa shape index (κ2) is 7.00. The maximum absolute atomic E-state index is 12.0. The zero-order valence-corrected chi connectivity index (χ0v) is 14.5. The highest BCUT2D eigenvalue weighted by atomic mass is 32.1. The van der Waals surface area contributed by atoms with Crippen LogP contribution in [0.4, 0.5) is 10.5 Å². The van der Waals surface area contributed by atoms with Crippen LogP contribution in [0.25, 0.3) is 0 Å². The van der Waals surface area contributed by atoms with E-state index in [-0.39, 0.29) is 18.0 Å². The van der Waals surface area contributed by atoms with Gasteiger partial charge in [-0.15, -0.1) is 11.3 Å². The molecule has 1 aromatic carbocycles. The molecule has 1 atom stereocenters. The number of anilines is 1. The number of urea groups is 1. The molecule has 6 nitrogen and oxygen atoms in total. The van der Waals surface area contributed by atoms with E-state index in [1.165, 1.54) is 0 Å². The third-order valence-electron chi connectivity index (χ3n) is 3.94. The number of benzene rings is 1. The number of rotatable bonds is 5. The molecule has 0 radical (unpaired) electrons. The number of carbonyl (C=O) groups is 2. The topological polar surface area (TPSA) is 83.1 Å². The SMILES string of the molecule is Cc1nc(CCNC(=O)NC(C)c2ccc3c(c2)CC(=O)N3)cs1. The molecule has 1 aromatic heterocycles. The van der Waals surface area contributed by atoms with E-state index in [1.54, 1.807) is 11.3 Å². The summed E-state index contributed by atoms with van der Waals surface area (Å²) in [5, 5.41) is 11.6. The van der Waals surface area contributed by atoms with Gasteiger partial charge in [-0.25, -0.2) is 9.78 Å². The monoisotopic (exact) mass is 344 g/mol. The van der Waals surface area contributed by atoms with Gasteiger partial charge in [-0.3, -0.25) is 4.79 Å². The molecule has 3 N–H and O–H groups in total. The van der Waals surface area contributed by atoms with E-state index >= 15 is 0 Å². The van der Waals surface area contributed by atoms with E-state index < -0.39 is 0 Å². The van der Waals surface area contributed by atoms with E-state index in [1.807, 2.05) is 37.4 Å². The third kappa shape index (κ3) is 3.91. The minimum absolute atomic E-state index is 0.0118. The predicted octanol–water partition coefficient (Wildman–Crippen LogP) is 2.55. The molecule has 1 aliphatic rings. The van der Waals surface area contributed by atoms with Crippen molar-refractivity contribution in [3.05, 3.63) is 45.4 Å². The number of carbonyl (C=O) groups excluding carboxylic acids is 2. The normalized spacial score (nSPS) is 14.0. The number of fused-ring (bicyclic) bond motifs is 1. The largest absolute Gasteiger partial charge is 0.338 e. The van der Waals surface area contributed by atoms with Gasteiger partial charge in [0.25, 0.3) is 0 Å². The first kappa shape index (κ1) is 16.4. The van der Waals surface area contributed by atoms with Crippen LogP contribution in [0.3, 0.4) is 0 Å². The van der Waals surface area contributed by atoms with Gasteiger partial charge >= 0.3 is 6.03 Å². The van der Waals surface area contributed by atoms with Crippen LogP contribution < -0.4 is 16.0 Å². The van der Waals surface area contributed by atoms with Gasteiger partial charge in [0, 0.05) is 24.0 Å². The van der Waals surface area contributed by atoms with Crippen LogP contribution >= 0.6 is 11.3 Å². The van der Waals surface area contributed by atoms with Crippen molar-refractivity contribution in [3.63, 3.8) is 0 Å². The molecule has 0 bridgehead atoms. The summed E-state index contributed by atoms with van der Waals surface area (Å²) in [6.45, 7) is 4.44. The molecule has 3 amide bonds. The molecule has 0 aliphatic carbocycles. The fourth-order valence-electron chi connectivity index (χ4n) is 2.68. The summed E-state index contributed by atoms with van der Waals surface area (Å²) in [5.41, 5.74) is 3.82. The number of nitrogens with zero attached hydrogens (tertiary/aromatic N) is 1. The van der Waals surface area contributed by atoms with Gasteiger partial charge < -0.3 is 16.0 Å². The smallest absolute Gasteiger partial charge is 0.315 e. The first-order valence-corrected chi connectivity index (χ1v) is 8.77. The van der Waals surface area contributed by atoms with Gasteiger partial charge in [-0.2, -0.15) is 0 Å². The van der Waals surface area contributed by atoms with Crippen molar-refractivity contribution >= 4 is 29.0 Å². The summed E-state index contributed by atoms with van der Waals surface area (Å²) in [6.07, 6.45) is 1.12. The minimum atomic E-state index is -0.204. The molecule has 7 heteroatoms. The quantitative estimate of drug-likeness (QED) is 0.779. The second-order valence-electron chi connectivity index (χ2n) is 5.87. The van der Waals surface area contributed by atoms with Crippen molar-refractivity contribution in [2.45, 2.75) is 32.7 Å². The number of amides is 3. The van der Waals surface area contributed by atoms with Gasteiger partial charge in [-0.1, -0.05) is 12.1 Å². The Balaban J connectivity index is 1.49. The lowest BCUT2D eigenvalue weighted by atomic mass is 10.0. The second-order valence-corrected chi connectivity index (χ2v) is 6.93. The fraction of sp³-hybridized carbons (Fsp3) is 0.353. The first-order valence-electron chi connectivity index (χ1n) is 7.89. The molecule has 0 saturated heterocycles. The van der Waals surface area contributed by atoms with E-state index in [2.05, 4.69) is 20.9 Å². The van der Waals surface area contributed by atoms with Gasteiger partial charge in [0.15, 0.2) is 0 Å². The highest BCUT2D eigenvalue weighted by Crippen LogP contribution is 2.26. The highest BCUT2D eigenvalue weighted by molar-refractivity contribution is 7.09. The summed E-state index contributed by atoms with van der Waals surface area (Å²) in [5.74, 6) is 0.0118. The Kier molecular flexibility index (Phi) is 4.80.